The Hall–Kier alpha value is -1.89. The number of sulfonamides is 1. The van der Waals surface area contributed by atoms with Gasteiger partial charge in [-0.05, 0) is 42.8 Å². The SMILES string of the molecule is CC(=O)N(CCNS(=O)(=O)c1cccc(C)c1)c1cccc(Cl)c1. The van der Waals surface area contributed by atoms with Crippen molar-refractivity contribution in [3.05, 3.63) is 59.1 Å². The Morgan fingerprint density at radius 1 is 1.17 bits per heavy atom. The summed E-state index contributed by atoms with van der Waals surface area (Å²) < 4.78 is 27.1. The zero-order valence-electron chi connectivity index (χ0n) is 13.5. The van der Waals surface area contributed by atoms with E-state index >= 15 is 0 Å². The number of benzene rings is 2. The molecular weight excluding hydrogens is 348 g/mol. The first-order valence-corrected chi connectivity index (χ1v) is 9.26. The van der Waals surface area contributed by atoms with Crippen LogP contribution in [0.15, 0.2) is 53.4 Å². The molecule has 1 amide bonds. The van der Waals surface area contributed by atoms with Crippen LogP contribution in [0.4, 0.5) is 5.69 Å². The van der Waals surface area contributed by atoms with Gasteiger partial charge in [-0.2, -0.15) is 0 Å². The van der Waals surface area contributed by atoms with Gasteiger partial charge in [0, 0.05) is 30.7 Å². The first-order chi connectivity index (χ1) is 11.3. The molecule has 0 aliphatic carbocycles. The molecule has 0 spiro atoms. The number of halogens is 1. The van der Waals surface area contributed by atoms with E-state index in [9.17, 15) is 13.2 Å². The predicted octanol–water partition coefficient (Wildman–Crippen LogP) is 2.98. The van der Waals surface area contributed by atoms with Gasteiger partial charge in [-0.3, -0.25) is 4.79 Å². The van der Waals surface area contributed by atoms with E-state index in [4.69, 9.17) is 11.6 Å². The fourth-order valence-corrected chi connectivity index (χ4v) is 3.58. The van der Waals surface area contributed by atoms with Crippen molar-refractivity contribution in [2.75, 3.05) is 18.0 Å². The van der Waals surface area contributed by atoms with Crippen LogP contribution >= 0.6 is 11.6 Å². The highest BCUT2D eigenvalue weighted by Gasteiger charge is 2.16. The van der Waals surface area contributed by atoms with Gasteiger partial charge in [0.25, 0.3) is 0 Å². The summed E-state index contributed by atoms with van der Waals surface area (Å²) in [6.07, 6.45) is 0. The molecule has 128 valence electrons. The number of hydrogen-bond donors (Lipinski definition) is 1. The van der Waals surface area contributed by atoms with E-state index in [1.165, 1.54) is 17.9 Å². The molecule has 0 aliphatic heterocycles. The molecule has 0 heterocycles. The molecular formula is C17H19ClN2O3S. The lowest BCUT2D eigenvalue weighted by atomic mass is 10.2. The minimum absolute atomic E-state index is 0.0996. The molecule has 7 heteroatoms. The second-order valence-corrected chi connectivity index (χ2v) is 7.57. The van der Waals surface area contributed by atoms with Gasteiger partial charge >= 0.3 is 0 Å². The highest BCUT2D eigenvalue weighted by Crippen LogP contribution is 2.19. The maximum atomic E-state index is 12.3. The molecule has 2 aromatic rings. The van der Waals surface area contributed by atoms with Crippen LogP contribution in [-0.4, -0.2) is 27.4 Å². The van der Waals surface area contributed by atoms with Gasteiger partial charge in [-0.25, -0.2) is 13.1 Å². The molecule has 0 aromatic heterocycles. The minimum atomic E-state index is -3.61. The second-order valence-electron chi connectivity index (χ2n) is 5.36. The van der Waals surface area contributed by atoms with E-state index in [-0.39, 0.29) is 23.9 Å². The number of aryl methyl sites for hydroxylation is 1. The zero-order valence-corrected chi connectivity index (χ0v) is 15.1. The van der Waals surface area contributed by atoms with Crippen molar-refractivity contribution >= 4 is 33.2 Å². The molecule has 1 N–H and O–H groups in total. The van der Waals surface area contributed by atoms with Gasteiger partial charge < -0.3 is 4.90 Å². The van der Waals surface area contributed by atoms with Crippen molar-refractivity contribution in [2.45, 2.75) is 18.7 Å². The number of amides is 1. The fourth-order valence-electron chi connectivity index (χ4n) is 2.27. The maximum absolute atomic E-state index is 12.3. The van der Waals surface area contributed by atoms with Crippen molar-refractivity contribution < 1.29 is 13.2 Å². The summed E-state index contributed by atoms with van der Waals surface area (Å²) in [5.41, 5.74) is 1.49. The number of rotatable bonds is 6. The van der Waals surface area contributed by atoms with Crippen molar-refractivity contribution in [1.82, 2.24) is 4.72 Å². The zero-order chi connectivity index (χ0) is 17.7. The largest absolute Gasteiger partial charge is 0.311 e. The lowest BCUT2D eigenvalue weighted by Gasteiger charge is -2.21. The lowest BCUT2D eigenvalue weighted by Crippen LogP contribution is -2.37. The van der Waals surface area contributed by atoms with Gasteiger partial charge in [0.15, 0.2) is 0 Å². The number of hydrogen-bond acceptors (Lipinski definition) is 3. The average Bonchev–Trinajstić information content (AvgIpc) is 2.51. The van der Waals surface area contributed by atoms with E-state index in [0.717, 1.165) is 5.56 Å². The number of carbonyl (C=O) groups is 1. The molecule has 24 heavy (non-hydrogen) atoms. The van der Waals surface area contributed by atoms with Crippen LogP contribution in [0.2, 0.25) is 5.02 Å². The normalized spacial score (nSPS) is 11.3. The van der Waals surface area contributed by atoms with Crippen molar-refractivity contribution in [2.24, 2.45) is 0 Å². The Bertz CT molecular complexity index is 837. The summed E-state index contributed by atoms with van der Waals surface area (Å²) >= 11 is 5.95. The van der Waals surface area contributed by atoms with Crippen LogP contribution in [0.3, 0.4) is 0 Å². The van der Waals surface area contributed by atoms with Gasteiger partial charge in [-0.1, -0.05) is 29.8 Å². The van der Waals surface area contributed by atoms with E-state index < -0.39 is 10.0 Å². The third-order valence-electron chi connectivity index (χ3n) is 3.43. The Morgan fingerprint density at radius 3 is 2.50 bits per heavy atom. The van der Waals surface area contributed by atoms with Crippen molar-refractivity contribution in [3.8, 4) is 0 Å². The van der Waals surface area contributed by atoms with Gasteiger partial charge in [0.1, 0.15) is 0 Å². The Morgan fingerprint density at radius 2 is 1.88 bits per heavy atom. The minimum Gasteiger partial charge on any atom is -0.311 e. The van der Waals surface area contributed by atoms with Crippen LogP contribution < -0.4 is 9.62 Å². The Kier molecular flexibility index (Phi) is 5.99. The number of nitrogens with zero attached hydrogens (tertiary/aromatic N) is 1. The summed E-state index contributed by atoms with van der Waals surface area (Å²) in [4.78, 5) is 13.5. The van der Waals surface area contributed by atoms with Crippen LogP contribution in [0.1, 0.15) is 12.5 Å². The molecule has 0 aliphatic rings. The fraction of sp³-hybridized carbons (Fsp3) is 0.235. The first-order valence-electron chi connectivity index (χ1n) is 7.39. The third kappa shape index (κ3) is 4.80. The molecule has 0 bridgehead atoms. The quantitative estimate of drug-likeness (QED) is 0.854. The summed E-state index contributed by atoms with van der Waals surface area (Å²) in [5, 5.41) is 0.513. The summed E-state index contributed by atoms with van der Waals surface area (Å²) in [7, 11) is -3.61. The van der Waals surface area contributed by atoms with Crippen LogP contribution in [0.25, 0.3) is 0 Å². The highest BCUT2D eigenvalue weighted by molar-refractivity contribution is 7.89. The summed E-state index contributed by atoms with van der Waals surface area (Å²) in [5.74, 6) is -0.188. The maximum Gasteiger partial charge on any atom is 0.240 e. The smallest absolute Gasteiger partial charge is 0.240 e. The topological polar surface area (TPSA) is 66.5 Å². The van der Waals surface area contributed by atoms with E-state index in [1.807, 2.05) is 13.0 Å². The molecule has 0 atom stereocenters. The molecule has 0 saturated heterocycles. The summed E-state index contributed by atoms with van der Waals surface area (Å²) in [6, 6.07) is 13.5. The summed E-state index contributed by atoms with van der Waals surface area (Å²) in [6.45, 7) is 3.56. The lowest BCUT2D eigenvalue weighted by molar-refractivity contribution is -0.116. The first kappa shape index (κ1) is 18.4. The van der Waals surface area contributed by atoms with Crippen molar-refractivity contribution in [3.63, 3.8) is 0 Å². The molecule has 2 aromatic carbocycles. The van der Waals surface area contributed by atoms with Gasteiger partial charge in [-0.15, -0.1) is 0 Å². The van der Waals surface area contributed by atoms with Crippen LogP contribution in [0.5, 0.6) is 0 Å². The molecule has 0 unspecified atom stereocenters. The number of carbonyl (C=O) groups excluding carboxylic acids is 1. The highest BCUT2D eigenvalue weighted by atomic mass is 35.5. The van der Waals surface area contributed by atoms with Crippen molar-refractivity contribution in [1.29, 1.82) is 0 Å². The van der Waals surface area contributed by atoms with Gasteiger partial charge in [0.2, 0.25) is 15.9 Å². The Labute approximate surface area is 147 Å². The van der Waals surface area contributed by atoms with Crippen LogP contribution in [-0.2, 0) is 14.8 Å². The van der Waals surface area contributed by atoms with E-state index in [0.29, 0.717) is 10.7 Å². The van der Waals surface area contributed by atoms with Gasteiger partial charge in [0.05, 0.1) is 4.90 Å². The predicted molar refractivity (Wildman–Crippen MR) is 95.8 cm³/mol. The molecule has 0 saturated carbocycles. The molecule has 0 fully saturated rings. The number of anilines is 1. The monoisotopic (exact) mass is 366 g/mol. The molecule has 5 nitrogen and oxygen atoms in total. The molecule has 2 rings (SSSR count). The average molecular weight is 367 g/mol. The van der Waals surface area contributed by atoms with E-state index in [1.54, 1.807) is 36.4 Å². The third-order valence-corrected chi connectivity index (χ3v) is 5.12. The molecule has 0 radical (unpaired) electrons. The van der Waals surface area contributed by atoms with E-state index in [2.05, 4.69) is 4.72 Å². The second kappa shape index (κ2) is 7.79. The Balaban J connectivity index is 2.07. The number of nitrogens with one attached hydrogen (secondary N) is 1. The standard InChI is InChI=1S/C17H19ClN2O3S/c1-13-5-3-8-17(11-13)24(22,23)19-9-10-20(14(2)21)16-7-4-6-15(18)12-16/h3-8,11-12,19H,9-10H2,1-2H3. The van der Waals surface area contributed by atoms with Crippen LogP contribution in [0, 0.1) is 6.92 Å².